The fourth-order valence-electron chi connectivity index (χ4n) is 1.60. The van der Waals surface area contributed by atoms with Crippen LogP contribution in [0.15, 0.2) is 22.8 Å². The zero-order valence-corrected chi connectivity index (χ0v) is 8.84. The molecule has 1 heterocycles. The summed E-state index contributed by atoms with van der Waals surface area (Å²) in [6.07, 6.45) is 1.38. The standard InChI is InChI=1S/C11H9ClO3/c1-6-2-3-8(12)10-7(4-9(13)14)5-15-11(6)10/h2-3,5H,4H2,1H3,(H,13,14). The van der Waals surface area contributed by atoms with Gasteiger partial charge < -0.3 is 9.52 Å². The van der Waals surface area contributed by atoms with Gasteiger partial charge in [0.15, 0.2) is 0 Å². The molecule has 2 aromatic rings. The number of aliphatic carboxylic acids is 1. The first-order valence-corrected chi connectivity index (χ1v) is 4.84. The van der Waals surface area contributed by atoms with Crippen molar-refractivity contribution in [2.45, 2.75) is 13.3 Å². The van der Waals surface area contributed by atoms with Gasteiger partial charge in [0.25, 0.3) is 0 Å². The number of rotatable bonds is 2. The van der Waals surface area contributed by atoms with Crippen molar-refractivity contribution in [1.82, 2.24) is 0 Å². The van der Waals surface area contributed by atoms with Gasteiger partial charge in [-0.25, -0.2) is 0 Å². The van der Waals surface area contributed by atoms with Crippen LogP contribution in [0.2, 0.25) is 5.02 Å². The minimum Gasteiger partial charge on any atom is -0.481 e. The highest BCUT2D eigenvalue weighted by molar-refractivity contribution is 6.35. The fourth-order valence-corrected chi connectivity index (χ4v) is 1.87. The lowest BCUT2D eigenvalue weighted by Crippen LogP contribution is -1.98. The molecule has 0 aliphatic carbocycles. The smallest absolute Gasteiger partial charge is 0.307 e. The molecule has 78 valence electrons. The Kier molecular flexibility index (Phi) is 2.40. The number of hydrogen-bond donors (Lipinski definition) is 1. The first kappa shape index (κ1) is 10.1. The third kappa shape index (κ3) is 1.70. The quantitative estimate of drug-likeness (QED) is 0.853. The van der Waals surface area contributed by atoms with Crippen molar-refractivity contribution in [1.29, 1.82) is 0 Å². The van der Waals surface area contributed by atoms with E-state index in [-0.39, 0.29) is 6.42 Å². The number of carbonyl (C=O) groups is 1. The fraction of sp³-hybridized carbons (Fsp3) is 0.182. The predicted octanol–water partition coefficient (Wildman–Crippen LogP) is 3.02. The molecule has 0 bridgehead atoms. The highest BCUT2D eigenvalue weighted by Crippen LogP contribution is 2.31. The molecule has 1 N–H and O–H groups in total. The Labute approximate surface area is 91.3 Å². The van der Waals surface area contributed by atoms with Gasteiger partial charge in [-0.3, -0.25) is 4.79 Å². The number of furan rings is 1. The van der Waals surface area contributed by atoms with E-state index in [0.29, 0.717) is 21.6 Å². The van der Waals surface area contributed by atoms with Crippen molar-refractivity contribution in [3.05, 3.63) is 34.5 Å². The highest BCUT2D eigenvalue weighted by atomic mass is 35.5. The lowest BCUT2D eigenvalue weighted by atomic mass is 10.1. The van der Waals surface area contributed by atoms with Gasteiger partial charge in [0.1, 0.15) is 5.58 Å². The second-order valence-corrected chi connectivity index (χ2v) is 3.81. The molecule has 0 spiro atoms. The number of carboxylic acid groups (broad SMARTS) is 1. The molecule has 1 aromatic heterocycles. The summed E-state index contributed by atoms with van der Waals surface area (Å²) in [4.78, 5) is 10.6. The number of benzene rings is 1. The van der Waals surface area contributed by atoms with Gasteiger partial charge in [0.05, 0.1) is 17.7 Å². The molecular weight excluding hydrogens is 216 g/mol. The summed E-state index contributed by atoms with van der Waals surface area (Å²) in [6, 6.07) is 3.60. The Morgan fingerprint density at radius 2 is 2.27 bits per heavy atom. The van der Waals surface area contributed by atoms with Crippen LogP contribution in [-0.4, -0.2) is 11.1 Å². The normalized spacial score (nSPS) is 10.8. The predicted molar refractivity (Wildman–Crippen MR) is 57.3 cm³/mol. The van der Waals surface area contributed by atoms with Gasteiger partial charge in [-0.05, 0) is 18.6 Å². The number of halogens is 1. The lowest BCUT2D eigenvalue weighted by molar-refractivity contribution is -0.136. The van der Waals surface area contributed by atoms with Gasteiger partial charge in [-0.2, -0.15) is 0 Å². The summed E-state index contributed by atoms with van der Waals surface area (Å²) < 4.78 is 5.31. The molecule has 3 nitrogen and oxygen atoms in total. The van der Waals surface area contributed by atoms with E-state index in [0.717, 1.165) is 5.56 Å². The highest BCUT2D eigenvalue weighted by Gasteiger charge is 2.13. The Bertz CT molecular complexity index is 528. The van der Waals surface area contributed by atoms with Crippen molar-refractivity contribution in [3.63, 3.8) is 0 Å². The molecule has 0 amide bonds. The van der Waals surface area contributed by atoms with Gasteiger partial charge >= 0.3 is 5.97 Å². The van der Waals surface area contributed by atoms with E-state index in [9.17, 15) is 4.79 Å². The Hall–Kier alpha value is -1.48. The maximum Gasteiger partial charge on any atom is 0.307 e. The van der Waals surface area contributed by atoms with Crippen molar-refractivity contribution in [2.24, 2.45) is 0 Å². The van der Waals surface area contributed by atoms with Crippen LogP contribution < -0.4 is 0 Å². The van der Waals surface area contributed by atoms with Crippen LogP contribution in [0.1, 0.15) is 11.1 Å². The number of aryl methyl sites for hydroxylation is 1. The Morgan fingerprint density at radius 1 is 1.53 bits per heavy atom. The average Bonchev–Trinajstić information content (AvgIpc) is 2.56. The van der Waals surface area contributed by atoms with Crippen LogP contribution >= 0.6 is 11.6 Å². The topological polar surface area (TPSA) is 50.4 Å². The summed E-state index contributed by atoms with van der Waals surface area (Å²) in [6.45, 7) is 1.90. The first-order chi connectivity index (χ1) is 7.09. The second kappa shape index (κ2) is 3.59. The van der Waals surface area contributed by atoms with Crippen molar-refractivity contribution in [2.75, 3.05) is 0 Å². The van der Waals surface area contributed by atoms with E-state index >= 15 is 0 Å². The maximum atomic E-state index is 10.6. The maximum absolute atomic E-state index is 10.6. The van der Waals surface area contributed by atoms with Gasteiger partial charge in [-0.1, -0.05) is 17.7 Å². The molecule has 0 aliphatic heterocycles. The molecule has 1 aromatic carbocycles. The summed E-state index contributed by atoms with van der Waals surface area (Å²) in [5.41, 5.74) is 2.23. The largest absolute Gasteiger partial charge is 0.481 e. The van der Waals surface area contributed by atoms with Gasteiger partial charge in [0, 0.05) is 10.9 Å². The first-order valence-electron chi connectivity index (χ1n) is 4.46. The van der Waals surface area contributed by atoms with E-state index < -0.39 is 5.97 Å². The Morgan fingerprint density at radius 3 is 2.93 bits per heavy atom. The van der Waals surface area contributed by atoms with E-state index in [4.69, 9.17) is 21.1 Å². The molecule has 0 aliphatic rings. The second-order valence-electron chi connectivity index (χ2n) is 3.40. The summed E-state index contributed by atoms with van der Waals surface area (Å²) in [5.74, 6) is -0.893. The van der Waals surface area contributed by atoms with E-state index in [1.807, 2.05) is 13.0 Å². The monoisotopic (exact) mass is 224 g/mol. The third-order valence-corrected chi connectivity index (χ3v) is 2.60. The minimum absolute atomic E-state index is 0.0732. The molecule has 0 unspecified atom stereocenters. The van der Waals surface area contributed by atoms with Crippen LogP contribution in [-0.2, 0) is 11.2 Å². The SMILES string of the molecule is Cc1ccc(Cl)c2c(CC(=O)O)coc12. The van der Waals surface area contributed by atoms with Crippen LogP contribution in [0.4, 0.5) is 0 Å². The number of carboxylic acids is 1. The van der Waals surface area contributed by atoms with Crippen LogP contribution in [0.3, 0.4) is 0 Å². The van der Waals surface area contributed by atoms with Gasteiger partial charge in [0.2, 0.25) is 0 Å². The number of hydrogen-bond acceptors (Lipinski definition) is 2. The lowest BCUT2D eigenvalue weighted by Gasteiger charge is -1.98. The zero-order chi connectivity index (χ0) is 11.0. The number of fused-ring (bicyclic) bond motifs is 1. The minimum atomic E-state index is -0.893. The summed E-state index contributed by atoms with van der Waals surface area (Å²) in [5, 5.41) is 9.96. The zero-order valence-electron chi connectivity index (χ0n) is 8.08. The summed E-state index contributed by atoms with van der Waals surface area (Å²) >= 11 is 6.01. The van der Waals surface area contributed by atoms with Crippen LogP contribution in [0.5, 0.6) is 0 Å². The van der Waals surface area contributed by atoms with Crippen molar-refractivity contribution < 1.29 is 14.3 Å². The molecule has 0 fully saturated rings. The molecule has 0 atom stereocenters. The van der Waals surface area contributed by atoms with E-state index in [2.05, 4.69) is 0 Å². The molecule has 15 heavy (non-hydrogen) atoms. The van der Waals surface area contributed by atoms with Crippen molar-refractivity contribution >= 4 is 28.5 Å². The van der Waals surface area contributed by atoms with Crippen molar-refractivity contribution in [3.8, 4) is 0 Å². The third-order valence-electron chi connectivity index (χ3n) is 2.29. The molecule has 0 radical (unpaired) electrons. The molecule has 0 saturated heterocycles. The van der Waals surface area contributed by atoms with Gasteiger partial charge in [-0.15, -0.1) is 0 Å². The van der Waals surface area contributed by atoms with Crippen LogP contribution in [0, 0.1) is 6.92 Å². The average molecular weight is 225 g/mol. The van der Waals surface area contributed by atoms with Crippen LogP contribution in [0.25, 0.3) is 11.0 Å². The molecular formula is C11H9ClO3. The molecule has 4 heteroatoms. The van der Waals surface area contributed by atoms with E-state index in [1.54, 1.807) is 6.07 Å². The molecule has 2 rings (SSSR count). The molecule has 0 saturated carbocycles. The Balaban J connectivity index is 2.67. The van der Waals surface area contributed by atoms with E-state index in [1.165, 1.54) is 6.26 Å². The summed E-state index contributed by atoms with van der Waals surface area (Å²) in [7, 11) is 0.